The molecule has 4 heteroatoms. The lowest BCUT2D eigenvalue weighted by molar-refractivity contribution is -0.123. The highest BCUT2D eigenvalue weighted by Crippen LogP contribution is 2.38. The van der Waals surface area contributed by atoms with Gasteiger partial charge >= 0.3 is 0 Å². The average molecular weight is 229 g/mol. The zero-order chi connectivity index (χ0) is 10.9. The Hall–Kier alpha value is -0.220. The highest BCUT2D eigenvalue weighted by atomic mass is 32.2. The lowest BCUT2D eigenvalue weighted by atomic mass is 9.82. The maximum absolute atomic E-state index is 11.9. The Bertz CT molecular complexity index is 245. The predicted octanol–water partition coefficient (Wildman–Crippen LogP) is 1.16. The Morgan fingerprint density at radius 3 is 2.87 bits per heavy atom. The van der Waals surface area contributed by atoms with Crippen molar-refractivity contribution in [3.63, 3.8) is 0 Å². The summed E-state index contributed by atoms with van der Waals surface area (Å²) in [6, 6.07) is 0. The maximum atomic E-state index is 11.9. The molecule has 0 aromatic carbocycles. The van der Waals surface area contributed by atoms with Crippen molar-refractivity contribution in [3.05, 3.63) is 0 Å². The number of nitrogens with one attached hydrogen (secondary N) is 1. The van der Waals surface area contributed by atoms with Gasteiger partial charge in [-0.15, -0.1) is 11.8 Å². The molecule has 0 aromatic rings. The molecule has 1 amide bonds. The van der Waals surface area contributed by atoms with Gasteiger partial charge in [-0.05, 0) is 44.3 Å². The maximum Gasteiger partial charge on any atom is 0.235 e. The third-order valence-electron chi connectivity index (χ3n) is 3.46. The van der Waals surface area contributed by atoms with Crippen LogP contribution in [0, 0.1) is 5.92 Å². The topological polar surface area (TPSA) is 49.3 Å². The van der Waals surface area contributed by atoms with Gasteiger partial charge in [-0.1, -0.05) is 0 Å². The number of aliphatic hydroxyl groups excluding tert-OH is 1. The van der Waals surface area contributed by atoms with Crippen LogP contribution in [0.1, 0.15) is 32.6 Å². The summed E-state index contributed by atoms with van der Waals surface area (Å²) in [7, 11) is 0. The van der Waals surface area contributed by atoms with Crippen LogP contribution in [0.3, 0.4) is 0 Å². The van der Waals surface area contributed by atoms with Crippen LogP contribution in [0.4, 0.5) is 0 Å². The summed E-state index contributed by atoms with van der Waals surface area (Å²) in [5, 5.41) is 12.1. The van der Waals surface area contributed by atoms with Crippen LogP contribution >= 0.6 is 11.8 Å². The first kappa shape index (κ1) is 11.3. The van der Waals surface area contributed by atoms with Crippen molar-refractivity contribution in [3.8, 4) is 0 Å². The van der Waals surface area contributed by atoms with Crippen LogP contribution in [0.15, 0.2) is 0 Å². The van der Waals surface area contributed by atoms with E-state index in [-0.39, 0.29) is 16.8 Å². The van der Waals surface area contributed by atoms with Crippen LogP contribution < -0.4 is 5.32 Å². The lowest BCUT2D eigenvalue weighted by Crippen LogP contribution is -2.45. The molecule has 1 aliphatic heterocycles. The van der Waals surface area contributed by atoms with Gasteiger partial charge in [-0.2, -0.15) is 0 Å². The Morgan fingerprint density at radius 2 is 2.33 bits per heavy atom. The van der Waals surface area contributed by atoms with E-state index in [1.54, 1.807) is 11.8 Å². The van der Waals surface area contributed by atoms with E-state index in [4.69, 9.17) is 5.11 Å². The molecule has 1 atom stereocenters. The fourth-order valence-electron chi connectivity index (χ4n) is 2.25. The van der Waals surface area contributed by atoms with Crippen molar-refractivity contribution < 1.29 is 9.90 Å². The van der Waals surface area contributed by atoms with Crippen molar-refractivity contribution in [2.75, 3.05) is 12.3 Å². The molecule has 1 saturated heterocycles. The van der Waals surface area contributed by atoms with Gasteiger partial charge < -0.3 is 10.4 Å². The van der Waals surface area contributed by atoms with Crippen LogP contribution in [-0.2, 0) is 4.79 Å². The normalized spacial score (nSPS) is 39.9. The van der Waals surface area contributed by atoms with E-state index in [1.165, 1.54) is 0 Å². The van der Waals surface area contributed by atoms with Crippen molar-refractivity contribution >= 4 is 17.7 Å². The molecule has 15 heavy (non-hydrogen) atoms. The number of rotatable bonds is 3. The number of carbonyl (C=O) groups excluding carboxylic acids is 1. The van der Waals surface area contributed by atoms with Gasteiger partial charge in [0.1, 0.15) is 0 Å². The number of hydrogen-bond donors (Lipinski definition) is 2. The minimum atomic E-state index is -0.192. The number of aliphatic hydroxyl groups is 1. The lowest BCUT2D eigenvalue weighted by Gasteiger charge is -2.32. The van der Waals surface area contributed by atoms with E-state index in [2.05, 4.69) is 5.32 Å². The first-order valence-electron chi connectivity index (χ1n) is 5.70. The van der Waals surface area contributed by atoms with Crippen molar-refractivity contribution in [1.29, 1.82) is 0 Å². The minimum absolute atomic E-state index is 0.122. The van der Waals surface area contributed by atoms with Gasteiger partial charge in [-0.25, -0.2) is 0 Å². The second kappa shape index (κ2) is 4.34. The summed E-state index contributed by atoms with van der Waals surface area (Å²) in [5.74, 6) is 1.79. The van der Waals surface area contributed by atoms with Gasteiger partial charge in [0.15, 0.2) is 0 Å². The number of carbonyl (C=O) groups is 1. The van der Waals surface area contributed by atoms with Crippen LogP contribution in [-0.4, -0.2) is 34.2 Å². The van der Waals surface area contributed by atoms with E-state index in [1.807, 2.05) is 6.92 Å². The summed E-state index contributed by atoms with van der Waals surface area (Å²) in [6.07, 6.45) is 3.73. The highest BCUT2D eigenvalue weighted by Gasteiger charge is 2.37. The Balaban J connectivity index is 1.72. The van der Waals surface area contributed by atoms with E-state index in [0.717, 1.165) is 38.0 Å². The van der Waals surface area contributed by atoms with Crippen LogP contribution in [0.5, 0.6) is 0 Å². The second-order valence-corrected chi connectivity index (χ2v) is 6.48. The average Bonchev–Trinajstić information content (AvgIpc) is 2.59. The minimum Gasteiger partial charge on any atom is -0.393 e. The zero-order valence-corrected chi connectivity index (χ0v) is 9.98. The van der Waals surface area contributed by atoms with Crippen molar-refractivity contribution in [2.24, 2.45) is 5.92 Å². The standard InChI is InChI=1S/C11H19NO2S/c1-11(3-2-4-15-11)10(14)12-7-8-5-9(13)6-8/h8-9,13H,2-7H2,1H3,(H,12,14). The Morgan fingerprint density at radius 1 is 1.60 bits per heavy atom. The number of thioether (sulfide) groups is 1. The quantitative estimate of drug-likeness (QED) is 0.763. The molecule has 2 aliphatic rings. The molecule has 86 valence electrons. The molecule has 0 bridgehead atoms. The SMILES string of the molecule is CC1(C(=O)NCC2CC(O)C2)CCCS1. The molecule has 1 aliphatic carbocycles. The van der Waals surface area contributed by atoms with E-state index in [0.29, 0.717) is 5.92 Å². The Kier molecular flexibility index (Phi) is 3.26. The second-order valence-electron chi connectivity index (χ2n) is 4.88. The monoisotopic (exact) mass is 229 g/mol. The van der Waals surface area contributed by atoms with Crippen LogP contribution in [0.2, 0.25) is 0 Å². The third kappa shape index (κ3) is 2.48. The number of amides is 1. The molecule has 2 N–H and O–H groups in total. The summed E-state index contributed by atoms with van der Waals surface area (Å²) in [4.78, 5) is 11.9. The third-order valence-corrected chi connectivity index (χ3v) is 4.98. The van der Waals surface area contributed by atoms with Crippen molar-refractivity contribution in [2.45, 2.75) is 43.5 Å². The number of hydrogen-bond acceptors (Lipinski definition) is 3. The fraction of sp³-hybridized carbons (Fsp3) is 0.909. The molecule has 0 radical (unpaired) electrons. The highest BCUT2D eigenvalue weighted by molar-refractivity contribution is 8.01. The molecule has 1 heterocycles. The summed E-state index contributed by atoms with van der Waals surface area (Å²) < 4.78 is -0.192. The molecule has 1 saturated carbocycles. The predicted molar refractivity (Wildman–Crippen MR) is 61.8 cm³/mol. The molecule has 3 nitrogen and oxygen atoms in total. The smallest absolute Gasteiger partial charge is 0.235 e. The summed E-state index contributed by atoms with van der Waals surface area (Å²) in [6.45, 7) is 2.78. The Labute approximate surface area is 95.0 Å². The molecular formula is C11H19NO2S. The molecule has 1 unspecified atom stereocenters. The van der Waals surface area contributed by atoms with Crippen molar-refractivity contribution in [1.82, 2.24) is 5.32 Å². The fourth-order valence-corrected chi connectivity index (χ4v) is 3.48. The van der Waals surface area contributed by atoms with Gasteiger partial charge in [0.05, 0.1) is 10.9 Å². The van der Waals surface area contributed by atoms with Gasteiger partial charge in [0.2, 0.25) is 5.91 Å². The first-order valence-corrected chi connectivity index (χ1v) is 6.69. The summed E-state index contributed by atoms with van der Waals surface area (Å²) >= 11 is 1.77. The van der Waals surface area contributed by atoms with Crippen LogP contribution in [0.25, 0.3) is 0 Å². The van der Waals surface area contributed by atoms with Gasteiger partial charge in [0, 0.05) is 6.54 Å². The molecule has 2 rings (SSSR count). The van der Waals surface area contributed by atoms with E-state index in [9.17, 15) is 4.79 Å². The zero-order valence-electron chi connectivity index (χ0n) is 9.16. The molecule has 2 fully saturated rings. The largest absolute Gasteiger partial charge is 0.393 e. The van der Waals surface area contributed by atoms with Gasteiger partial charge in [-0.3, -0.25) is 4.79 Å². The van der Waals surface area contributed by atoms with Gasteiger partial charge in [0.25, 0.3) is 0 Å². The van der Waals surface area contributed by atoms with E-state index < -0.39 is 0 Å². The molecule has 0 spiro atoms. The molecular weight excluding hydrogens is 210 g/mol. The molecule has 0 aromatic heterocycles. The first-order chi connectivity index (χ1) is 7.10. The summed E-state index contributed by atoms with van der Waals surface area (Å²) in [5.41, 5.74) is 0. The van der Waals surface area contributed by atoms with E-state index >= 15 is 0 Å².